The Morgan fingerprint density at radius 2 is 2.00 bits per heavy atom. The number of likely N-dealkylation sites (tertiary alicyclic amines) is 1. The molecule has 3 rings (SSSR count). The van der Waals surface area contributed by atoms with Crippen molar-refractivity contribution < 1.29 is 14.1 Å². The largest absolute Gasteiger partial charge is 0.360 e. The zero-order valence-corrected chi connectivity index (χ0v) is 14.0. The summed E-state index contributed by atoms with van der Waals surface area (Å²) in [5.41, 5.74) is 0.500. The maximum Gasteiger partial charge on any atom is 0.255 e. The van der Waals surface area contributed by atoms with Gasteiger partial charge in [0.25, 0.3) is 5.91 Å². The van der Waals surface area contributed by atoms with Crippen LogP contribution in [0.2, 0.25) is 5.02 Å². The van der Waals surface area contributed by atoms with Crippen molar-refractivity contribution in [2.75, 3.05) is 18.4 Å². The normalized spacial score (nSPS) is 15.3. The molecule has 0 unspecified atom stereocenters. The molecule has 0 bridgehead atoms. The Kier molecular flexibility index (Phi) is 4.85. The number of halogens is 1. The molecule has 126 valence electrons. The van der Waals surface area contributed by atoms with Crippen LogP contribution in [0.5, 0.6) is 0 Å². The molecule has 0 radical (unpaired) electrons. The van der Waals surface area contributed by atoms with E-state index in [2.05, 4.69) is 10.5 Å². The van der Waals surface area contributed by atoms with Crippen molar-refractivity contribution in [3.05, 3.63) is 46.7 Å². The average molecular weight is 348 g/mol. The number of aryl methyl sites for hydroxylation is 1. The van der Waals surface area contributed by atoms with Gasteiger partial charge in [0.1, 0.15) is 5.76 Å². The third kappa shape index (κ3) is 3.59. The monoisotopic (exact) mass is 347 g/mol. The zero-order chi connectivity index (χ0) is 17.1. The van der Waals surface area contributed by atoms with Gasteiger partial charge in [-0.15, -0.1) is 0 Å². The minimum Gasteiger partial charge on any atom is -0.360 e. The molecule has 24 heavy (non-hydrogen) atoms. The molecule has 1 aromatic heterocycles. The number of hydrogen-bond donors (Lipinski definition) is 1. The van der Waals surface area contributed by atoms with Gasteiger partial charge in [0.05, 0.1) is 10.6 Å². The van der Waals surface area contributed by atoms with Gasteiger partial charge in [-0.3, -0.25) is 9.59 Å². The summed E-state index contributed by atoms with van der Waals surface area (Å²) in [7, 11) is 0. The van der Waals surface area contributed by atoms with Gasteiger partial charge in [-0.1, -0.05) is 28.9 Å². The zero-order valence-electron chi connectivity index (χ0n) is 13.3. The second-order valence-electron chi connectivity index (χ2n) is 5.86. The van der Waals surface area contributed by atoms with Crippen LogP contribution in [0.1, 0.15) is 29.0 Å². The van der Waals surface area contributed by atoms with Crippen LogP contribution >= 0.6 is 11.6 Å². The van der Waals surface area contributed by atoms with E-state index in [1.54, 1.807) is 42.2 Å². The highest BCUT2D eigenvalue weighted by molar-refractivity contribution is 6.33. The van der Waals surface area contributed by atoms with Crippen molar-refractivity contribution in [2.45, 2.75) is 19.8 Å². The van der Waals surface area contributed by atoms with Gasteiger partial charge in [0.2, 0.25) is 5.91 Å². The lowest BCUT2D eigenvalue weighted by Crippen LogP contribution is -2.41. The SMILES string of the molecule is Cc1cc(NC(=O)C2CCN(C(=O)c3ccccc3Cl)CC2)no1. The summed E-state index contributed by atoms with van der Waals surface area (Å²) in [6.45, 7) is 2.82. The molecule has 0 spiro atoms. The summed E-state index contributed by atoms with van der Waals surface area (Å²) in [4.78, 5) is 26.5. The van der Waals surface area contributed by atoms with Crippen LogP contribution in [-0.2, 0) is 4.79 Å². The maximum absolute atomic E-state index is 12.5. The first kappa shape index (κ1) is 16.5. The Hall–Kier alpha value is -2.34. The molecule has 6 nitrogen and oxygen atoms in total. The van der Waals surface area contributed by atoms with E-state index in [0.717, 1.165) is 0 Å². The molecule has 1 aliphatic heterocycles. The minimum atomic E-state index is -0.141. The highest BCUT2D eigenvalue weighted by Crippen LogP contribution is 2.23. The van der Waals surface area contributed by atoms with E-state index in [1.165, 1.54) is 0 Å². The highest BCUT2D eigenvalue weighted by atomic mass is 35.5. The van der Waals surface area contributed by atoms with Gasteiger partial charge in [-0.25, -0.2) is 0 Å². The standard InChI is InChI=1S/C17H18ClN3O3/c1-11-10-15(20-24-11)19-16(22)12-6-8-21(9-7-12)17(23)13-4-2-3-5-14(13)18/h2-5,10,12H,6-9H2,1H3,(H,19,20,22). The third-order valence-electron chi connectivity index (χ3n) is 4.14. The molecule has 1 fully saturated rings. The number of carbonyl (C=O) groups excluding carboxylic acids is 2. The summed E-state index contributed by atoms with van der Waals surface area (Å²) in [6.07, 6.45) is 1.22. The molecule has 0 saturated carbocycles. The number of piperidine rings is 1. The first-order valence-corrected chi connectivity index (χ1v) is 8.20. The smallest absolute Gasteiger partial charge is 0.255 e. The predicted molar refractivity (Wildman–Crippen MR) is 89.9 cm³/mol. The fourth-order valence-electron chi connectivity index (χ4n) is 2.80. The van der Waals surface area contributed by atoms with Gasteiger partial charge in [-0.05, 0) is 31.9 Å². The van der Waals surface area contributed by atoms with Crippen LogP contribution in [-0.4, -0.2) is 35.0 Å². The van der Waals surface area contributed by atoms with Crippen molar-refractivity contribution in [1.29, 1.82) is 0 Å². The Morgan fingerprint density at radius 1 is 1.29 bits per heavy atom. The average Bonchev–Trinajstić information content (AvgIpc) is 2.99. The minimum absolute atomic E-state index is 0.0897. The Bertz CT molecular complexity index is 751. The lowest BCUT2D eigenvalue weighted by molar-refractivity contribution is -0.121. The lowest BCUT2D eigenvalue weighted by atomic mass is 9.95. The van der Waals surface area contributed by atoms with Gasteiger partial charge in [0.15, 0.2) is 5.82 Å². The number of nitrogens with one attached hydrogen (secondary N) is 1. The van der Waals surface area contributed by atoms with Gasteiger partial charge in [0, 0.05) is 25.1 Å². The van der Waals surface area contributed by atoms with Crippen LogP contribution < -0.4 is 5.32 Å². The van der Waals surface area contributed by atoms with E-state index >= 15 is 0 Å². The number of nitrogens with zero attached hydrogens (tertiary/aromatic N) is 2. The van der Waals surface area contributed by atoms with Crippen LogP contribution in [0, 0.1) is 12.8 Å². The Balaban J connectivity index is 1.56. The molecule has 1 saturated heterocycles. The molecular formula is C17H18ClN3O3. The van der Waals surface area contributed by atoms with Crippen molar-refractivity contribution >= 4 is 29.2 Å². The molecular weight excluding hydrogens is 330 g/mol. The fourth-order valence-corrected chi connectivity index (χ4v) is 3.02. The van der Waals surface area contributed by atoms with Crippen LogP contribution in [0.25, 0.3) is 0 Å². The van der Waals surface area contributed by atoms with Crippen LogP contribution in [0.3, 0.4) is 0 Å². The van der Waals surface area contributed by atoms with Crippen molar-refractivity contribution in [3.63, 3.8) is 0 Å². The number of aromatic nitrogens is 1. The van der Waals surface area contributed by atoms with Crippen LogP contribution in [0.4, 0.5) is 5.82 Å². The highest BCUT2D eigenvalue weighted by Gasteiger charge is 2.28. The second kappa shape index (κ2) is 7.05. The number of carbonyl (C=O) groups is 2. The van der Waals surface area contributed by atoms with Gasteiger partial charge >= 0.3 is 0 Å². The van der Waals surface area contributed by atoms with Gasteiger partial charge < -0.3 is 14.7 Å². The first-order valence-electron chi connectivity index (χ1n) is 7.82. The second-order valence-corrected chi connectivity index (χ2v) is 6.27. The predicted octanol–water partition coefficient (Wildman–Crippen LogP) is 3.13. The van der Waals surface area contributed by atoms with Crippen molar-refractivity contribution in [2.24, 2.45) is 5.92 Å². The topological polar surface area (TPSA) is 75.4 Å². The number of rotatable bonds is 3. The Labute approximate surface area is 144 Å². The third-order valence-corrected chi connectivity index (χ3v) is 4.47. The summed E-state index contributed by atoms with van der Waals surface area (Å²) in [6, 6.07) is 8.68. The molecule has 7 heteroatoms. The molecule has 2 heterocycles. The fraction of sp³-hybridized carbons (Fsp3) is 0.353. The first-order chi connectivity index (χ1) is 11.5. The van der Waals surface area contributed by atoms with E-state index in [4.69, 9.17) is 16.1 Å². The van der Waals surface area contributed by atoms with E-state index in [-0.39, 0.29) is 17.7 Å². The summed E-state index contributed by atoms with van der Waals surface area (Å²) in [5, 5.41) is 6.95. The van der Waals surface area contributed by atoms with Gasteiger partial charge in [-0.2, -0.15) is 0 Å². The van der Waals surface area contributed by atoms with Crippen molar-refractivity contribution in [3.8, 4) is 0 Å². The summed E-state index contributed by atoms with van der Waals surface area (Å²) in [5.74, 6) is 0.745. The maximum atomic E-state index is 12.5. The number of hydrogen-bond acceptors (Lipinski definition) is 4. The van der Waals surface area contributed by atoms with Crippen molar-refractivity contribution in [1.82, 2.24) is 10.1 Å². The molecule has 1 aromatic carbocycles. The number of amides is 2. The molecule has 1 aliphatic rings. The van der Waals surface area contributed by atoms with E-state index in [9.17, 15) is 9.59 Å². The molecule has 0 aliphatic carbocycles. The Morgan fingerprint density at radius 3 is 2.62 bits per heavy atom. The summed E-state index contributed by atoms with van der Waals surface area (Å²) < 4.78 is 4.93. The lowest BCUT2D eigenvalue weighted by Gasteiger charge is -2.31. The molecule has 1 N–H and O–H groups in total. The summed E-state index contributed by atoms with van der Waals surface area (Å²) >= 11 is 6.08. The molecule has 2 aromatic rings. The van der Waals surface area contributed by atoms with Crippen LogP contribution in [0.15, 0.2) is 34.9 Å². The van der Waals surface area contributed by atoms with E-state index < -0.39 is 0 Å². The van der Waals surface area contributed by atoms with E-state index in [0.29, 0.717) is 48.1 Å². The quantitative estimate of drug-likeness (QED) is 0.925. The van der Waals surface area contributed by atoms with E-state index in [1.807, 2.05) is 0 Å². The number of anilines is 1. The molecule has 0 atom stereocenters. The number of benzene rings is 1. The molecule has 2 amide bonds.